The number of aromatic nitrogens is 1. The predicted molar refractivity (Wildman–Crippen MR) is 272 cm³/mol. The number of nitrogens with zero attached hydrogens (tertiary/aromatic N) is 3. The molecule has 0 radical (unpaired) electrons. The van der Waals surface area contributed by atoms with E-state index in [2.05, 4.69) is 21.1 Å². The van der Waals surface area contributed by atoms with Crippen molar-refractivity contribution in [2.24, 2.45) is 16.9 Å². The van der Waals surface area contributed by atoms with Crippen LogP contribution in [0.15, 0.2) is 72.2 Å². The number of nitrogens with one attached hydrogen (secondary N) is 3. The number of hydrogen-bond acceptors (Lipinski definition) is 12. The molecule has 7 atom stereocenters. The quantitative estimate of drug-likeness (QED) is 0.0521. The number of para-hydroxylation sites is 1. The van der Waals surface area contributed by atoms with Crippen LogP contribution >= 0.6 is 23.7 Å². The fraction of sp³-hybridized carbons (Fsp3) is 0.481. The van der Waals surface area contributed by atoms with Crippen molar-refractivity contribution >= 4 is 64.9 Å². The molecule has 3 aromatic carbocycles. The lowest BCUT2D eigenvalue weighted by molar-refractivity contribution is -0.145. The van der Waals surface area contributed by atoms with E-state index in [1.165, 1.54) is 16.2 Å². The number of β-amino-alcohol motifs (C(OH)–C–C–N with tert-alkyl or cyclic N) is 1. The zero-order valence-corrected chi connectivity index (χ0v) is 42.6. The highest BCUT2D eigenvalue weighted by atomic mass is 35.5. The number of aliphatic hydroxyl groups excluding tert-OH is 1. The Hall–Kier alpha value is -5.92. The Labute approximate surface area is 425 Å². The van der Waals surface area contributed by atoms with Gasteiger partial charge in [-0.05, 0) is 110 Å². The number of benzene rings is 3. The molecule has 17 nitrogen and oxygen atoms in total. The van der Waals surface area contributed by atoms with Crippen LogP contribution in [0.2, 0.25) is 0 Å². The number of hydroxylamine groups is 1. The van der Waals surface area contributed by atoms with Crippen LogP contribution in [0.5, 0.6) is 5.75 Å². The van der Waals surface area contributed by atoms with E-state index in [9.17, 15) is 33.9 Å². The SMILES string of the molecule is Cc1ncsc1-c1ccc(ONC(=O)[C@@H]2C[C@@H](O)CN2C(=O)[C@@H](NC(=O)CCCCc2ccc(CO[C@H](C)[C@H](CCC(N)=O)NC(=O)[C@@H]3Cc4cccc5c4N3C(=O)[C@@H](N)CC5)cc2)C(C)(C)C)cc1.Cl. The summed E-state index contributed by atoms with van der Waals surface area (Å²) in [5, 5.41) is 16.6. The van der Waals surface area contributed by atoms with Gasteiger partial charge in [0.1, 0.15) is 18.1 Å². The van der Waals surface area contributed by atoms with Crippen molar-refractivity contribution in [3.8, 4) is 16.2 Å². The molecule has 1 aromatic heterocycles. The van der Waals surface area contributed by atoms with Crippen molar-refractivity contribution < 1.29 is 43.4 Å². The third-order valence-electron chi connectivity index (χ3n) is 13.4. The molecule has 0 unspecified atom stereocenters. The summed E-state index contributed by atoms with van der Waals surface area (Å²) in [7, 11) is 0. The van der Waals surface area contributed by atoms with Crippen LogP contribution in [0.25, 0.3) is 10.4 Å². The first kappa shape index (κ1) is 54.4. The zero-order valence-electron chi connectivity index (χ0n) is 41.0. The third kappa shape index (κ3) is 13.5. The maximum absolute atomic E-state index is 14.1. The number of nitrogens with two attached hydrogens (primary N) is 2. The summed E-state index contributed by atoms with van der Waals surface area (Å²) >= 11 is 1.53. The summed E-state index contributed by atoms with van der Waals surface area (Å²) < 4.78 is 6.25. The number of rotatable bonds is 20. The highest BCUT2D eigenvalue weighted by molar-refractivity contribution is 7.13. The van der Waals surface area contributed by atoms with Gasteiger partial charge in [0, 0.05) is 32.2 Å². The molecular weight excluding hydrogens is 948 g/mol. The fourth-order valence-electron chi connectivity index (χ4n) is 9.41. The third-order valence-corrected chi connectivity index (χ3v) is 14.4. The molecule has 7 rings (SSSR count). The minimum Gasteiger partial charge on any atom is -0.391 e. The maximum atomic E-state index is 14.1. The topological polar surface area (TPSA) is 249 Å². The van der Waals surface area contributed by atoms with Gasteiger partial charge < -0.3 is 41.7 Å². The van der Waals surface area contributed by atoms with E-state index in [-0.39, 0.29) is 69.0 Å². The number of amides is 6. The molecule has 71 heavy (non-hydrogen) atoms. The molecule has 0 spiro atoms. The molecule has 8 N–H and O–H groups in total. The van der Waals surface area contributed by atoms with E-state index < -0.39 is 65.6 Å². The fourth-order valence-corrected chi connectivity index (χ4v) is 10.2. The zero-order chi connectivity index (χ0) is 50.3. The first-order valence-corrected chi connectivity index (χ1v) is 25.0. The summed E-state index contributed by atoms with van der Waals surface area (Å²) in [6, 6.07) is 17.0. The molecule has 3 aliphatic heterocycles. The lowest BCUT2D eigenvalue weighted by Crippen LogP contribution is -2.58. The Bertz CT molecular complexity index is 2530. The Morgan fingerprint density at radius 3 is 2.31 bits per heavy atom. The van der Waals surface area contributed by atoms with Crippen LogP contribution in [0.1, 0.15) is 101 Å². The standard InChI is InChI=1S/C52H66N8O9S.ClH/c1-30-46(70-29-55-30)35-17-20-38(21-18-35)69-58-49(65)41-26-37(61)27-59(41)51(67)47(52(3,4)5)57-44(63)12-7-6-9-32-13-15-33(16-14-32)28-68-31(2)40(23-24-43(54)62)56-48(64)42-25-36-11-8-10-34-19-22-39(53)50(66)60(42)45(34)36;/h8,10-11,13-18,20-21,29,31,37,39-42,47,61H,6-7,9,12,19,22-28,53H2,1-5H3,(H2,54,62)(H,56,64)(H,57,63)(H,58,65);1H/t31-,37-,39+,40+,41+,42+,47-;/m1./s1. The van der Waals surface area contributed by atoms with Gasteiger partial charge in [-0.2, -0.15) is 5.48 Å². The van der Waals surface area contributed by atoms with Crippen molar-refractivity contribution in [1.82, 2.24) is 26.0 Å². The number of ether oxygens (including phenoxy) is 1. The van der Waals surface area contributed by atoms with Crippen molar-refractivity contribution in [1.29, 1.82) is 0 Å². The molecule has 382 valence electrons. The van der Waals surface area contributed by atoms with Crippen LogP contribution in [0.4, 0.5) is 5.69 Å². The first-order valence-electron chi connectivity index (χ1n) is 24.1. The molecule has 4 heterocycles. The normalized spacial score (nSPS) is 19.7. The summed E-state index contributed by atoms with van der Waals surface area (Å²) in [5.41, 5.74) is 21.8. The highest BCUT2D eigenvalue weighted by Crippen LogP contribution is 2.39. The Balaban J connectivity index is 0.00000825. The molecule has 0 bridgehead atoms. The van der Waals surface area contributed by atoms with Gasteiger partial charge in [0.05, 0.1) is 52.7 Å². The van der Waals surface area contributed by atoms with Crippen molar-refractivity contribution in [2.75, 3.05) is 11.4 Å². The van der Waals surface area contributed by atoms with Crippen molar-refractivity contribution in [2.45, 2.75) is 148 Å². The molecule has 4 aromatic rings. The maximum Gasteiger partial charge on any atom is 0.275 e. The van der Waals surface area contributed by atoms with E-state index in [1.54, 1.807) is 22.5 Å². The predicted octanol–water partition coefficient (Wildman–Crippen LogP) is 4.74. The Kier molecular flexibility index (Phi) is 18.4. The van der Waals surface area contributed by atoms with Gasteiger partial charge in [0.2, 0.25) is 29.5 Å². The molecular formula is C52H67ClN8O9S. The second-order valence-electron chi connectivity index (χ2n) is 19.8. The first-order chi connectivity index (χ1) is 33.4. The second-order valence-corrected chi connectivity index (χ2v) is 20.6. The van der Waals surface area contributed by atoms with Gasteiger partial charge in [0.15, 0.2) is 5.75 Å². The lowest BCUT2D eigenvalue weighted by atomic mass is 9.85. The van der Waals surface area contributed by atoms with Crippen molar-refractivity contribution in [3.05, 3.63) is 100 Å². The number of carbonyl (C=O) groups excluding carboxylic acids is 6. The molecule has 3 aliphatic rings. The van der Waals surface area contributed by atoms with Crippen LogP contribution in [0, 0.1) is 12.3 Å². The number of thiazole rings is 1. The molecule has 6 amide bonds. The Morgan fingerprint density at radius 2 is 1.63 bits per heavy atom. The average molecular weight is 1020 g/mol. The van der Waals surface area contributed by atoms with Gasteiger partial charge in [-0.15, -0.1) is 23.7 Å². The summed E-state index contributed by atoms with van der Waals surface area (Å²) in [6.45, 7) is 9.48. The summed E-state index contributed by atoms with van der Waals surface area (Å²) in [6.07, 6.45) is 2.61. The molecule has 1 saturated heterocycles. The van der Waals surface area contributed by atoms with E-state index in [0.29, 0.717) is 44.3 Å². The van der Waals surface area contributed by atoms with E-state index in [1.807, 2.05) is 89.2 Å². The van der Waals surface area contributed by atoms with Gasteiger partial charge in [-0.1, -0.05) is 63.2 Å². The minimum absolute atomic E-state index is 0. The second kappa shape index (κ2) is 24.0. The number of aryl methyl sites for hydroxylation is 3. The van der Waals surface area contributed by atoms with Gasteiger partial charge in [0.25, 0.3) is 5.91 Å². The van der Waals surface area contributed by atoms with Crippen molar-refractivity contribution in [3.63, 3.8) is 0 Å². The van der Waals surface area contributed by atoms with Gasteiger partial charge in [-0.3, -0.25) is 33.7 Å². The summed E-state index contributed by atoms with van der Waals surface area (Å²) in [5.74, 6) is -2.05. The lowest BCUT2D eigenvalue weighted by Gasteiger charge is -2.35. The number of halogens is 1. The summed E-state index contributed by atoms with van der Waals surface area (Å²) in [4.78, 5) is 93.7. The molecule has 19 heteroatoms. The number of hydrogen-bond donors (Lipinski definition) is 6. The highest BCUT2D eigenvalue weighted by Gasteiger charge is 2.46. The minimum atomic E-state index is -0.999. The van der Waals surface area contributed by atoms with E-state index >= 15 is 0 Å². The smallest absolute Gasteiger partial charge is 0.275 e. The Morgan fingerprint density at radius 1 is 0.930 bits per heavy atom. The van der Waals surface area contributed by atoms with E-state index in [4.69, 9.17) is 21.0 Å². The van der Waals surface area contributed by atoms with Gasteiger partial charge in [-0.25, -0.2) is 4.98 Å². The van der Waals surface area contributed by atoms with E-state index in [0.717, 1.165) is 44.1 Å². The number of anilines is 1. The molecule has 1 fully saturated rings. The van der Waals surface area contributed by atoms with Gasteiger partial charge >= 0.3 is 0 Å². The largest absolute Gasteiger partial charge is 0.391 e. The number of unbranched alkanes of at least 4 members (excludes halogenated alkanes) is 1. The number of carbonyl (C=O) groups is 6. The number of primary amides is 1. The average Bonchev–Trinajstić information content (AvgIpc) is 4.05. The monoisotopic (exact) mass is 1010 g/mol. The van der Waals surface area contributed by atoms with Crippen LogP contribution < -0.4 is 37.3 Å². The molecule has 0 saturated carbocycles. The van der Waals surface area contributed by atoms with Crippen LogP contribution in [0.3, 0.4) is 0 Å². The molecule has 0 aliphatic carbocycles. The number of aliphatic hydroxyl groups is 1. The number of likely N-dealkylation sites (tertiary alicyclic amines) is 1. The van der Waals surface area contributed by atoms with Crippen LogP contribution in [-0.4, -0.2) is 99.4 Å². The van der Waals surface area contributed by atoms with Crippen LogP contribution in [-0.2, 0) is 59.4 Å².